The van der Waals surface area contributed by atoms with E-state index in [1.807, 2.05) is 0 Å². The minimum absolute atomic E-state index is 0.0930. The van der Waals surface area contributed by atoms with Crippen molar-refractivity contribution in [3.63, 3.8) is 0 Å². The van der Waals surface area contributed by atoms with Gasteiger partial charge >= 0.3 is 21.2 Å². The molecule has 0 radical (unpaired) electrons. The second-order valence-electron chi connectivity index (χ2n) is 3.57. The van der Waals surface area contributed by atoms with Crippen molar-refractivity contribution in [1.82, 2.24) is 4.90 Å². The summed E-state index contributed by atoms with van der Waals surface area (Å²) in [5.74, 6) is -1.33. The molecule has 0 fully saturated rings. The quantitative estimate of drug-likeness (QED) is 0.252. The van der Waals surface area contributed by atoms with Crippen LogP contribution in [0.25, 0.3) is 0 Å². The second-order valence-corrected chi connectivity index (χ2v) is 7.24. The molecule has 9 nitrogen and oxygen atoms in total. The zero-order valence-corrected chi connectivity index (χ0v) is 11.8. The van der Waals surface area contributed by atoms with Crippen LogP contribution < -0.4 is 0 Å². The highest BCUT2D eigenvalue weighted by atomic mass is 32.1. The topological polar surface area (TPSA) is 156 Å². The second kappa shape index (κ2) is 7.02. The number of hydrogen-bond acceptors (Lipinski definition) is 5. The zero-order chi connectivity index (χ0) is 14.6. The molecule has 0 heterocycles. The Bertz CT molecular complexity index is 354. The minimum atomic E-state index is -4.63. The summed E-state index contributed by atoms with van der Waals surface area (Å²) in [5, 5.41) is 8.89. The van der Waals surface area contributed by atoms with Crippen molar-refractivity contribution in [1.29, 1.82) is 0 Å². The highest BCUT2D eigenvalue weighted by Crippen LogP contribution is 2.41. The Hall–Kier alpha value is 0.0800. The highest BCUT2D eigenvalue weighted by Gasteiger charge is 2.34. The number of carboxylic acid groups (broad SMARTS) is 1. The number of nitrogens with zero attached hydrogens (tertiary/aromatic N) is 1. The number of rotatable bonds is 8. The predicted octanol–water partition coefficient (Wildman–Crippen LogP) is -0.668. The third-order valence-corrected chi connectivity index (χ3v) is 3.58. The van der Waals surface area contributed by atoms with E-state index in [1.165, 1.54) is 0 Å². The van der Waals surface area contributed by atoms with Gasteiger partial charge in [-0.15, -0.1) is 0 Å². The molecule has 0 saturated heterocycles. The van der Waals surface area contributed by atoms with Crippen LogP contribution in [0, 0.1) is 0 Å². The van der Waals surface area contributed by atoms with Crippen LogP contribution in [0.5, 0.6) is 0 Å². The van der Waals surface area contributed by atoms with Gasteiger partial charge in [-0.3, -0.25) is 18.8 Å². The van der Waals surface area contributed by atoms with Crippen LogP contribution in [0.3, 0.4) is 0 Å². The van der Waals surface area contributed by atoms with E-state index in [0.717, 1.165) is 0 Å². The fourth-order valence-corrected chi connectivity index (χ4v) is 3.24. The van der Waals surface area contributed by atoms with Gasteiger partial charge in [0.2, 0.25) is 0 Å². The van der Waals surface area contributed by atoms with E-state index in [1.54, 1.807) is 0 Å². The first-order valence-electron chi connectivity index (χ1n) is 4.63. The molecule has 0 aromatic rings. The molecule has 108 valence electrons. The molecular weight excluding hydrogens is 308 g/mol. The maximum absolute atomic E-state index is 10.9. The largest absolute Gasteiger partial charge is 0.480 e. The third-order valence-electron chi connectivity index (χ3n) is 1.86. The van der Waals surface area contributed by atoms with Gasteiger partial charge in [0.1, 0.15) is 18.6 Å². The summed E-state index contributed by atoms with van der Waals surface area (Å²) in [7, 11) is -9.26. The minimum Gasteiger partial charge on any atom is -0.480 e. The third kappa shape index (κ3) is 8.23. The smallest absolute Gasteiger partial charge is 0.339 e. The van der Waals surface area contributed by atoms with E-state index in [4.69, 9.17) is 24.7 Å². The number of carboxylic acids is 1. The van der Waals surface area contributed by atoms with Crippen LogP contribution in [0.4, 0.5) is 0 Å². The van der Waals surface area contributed by atoms with Gasteiger partial charge in [0, 0.05) is 0 Å². The van der Waals surface area contributed by atoms with Crippen molar-refractivity contribution >= 4 is 33.8 Å². The summed E-state index contributed by atoms with van der Waals surface area (Å²) < 4.78 is 21.7. The molecule has 0 amide bonds. The Labute approximate surface area is 109 Å². The molecule has 0 aliphatic heterocycles. The van der Waals surface area contributed by atoms with Gasteiger partial charge in [0.15, 0.2) is 0 Å². The molecule has 5 N–H and O–H groups in total. The Balaban J connectivity index is 5.09. The van der Waals surface area contributed by atoms with E-state index in [-0.39, 0.29) is 12.2 Å². The molecule has 12 heteroatoms. The maximum Gasteiger partial charge on any atom is 0.339 e. The molecule has 1 unspecified atom stereocenters. The number of carbonyl (C=O) groups is 1. The monoisotopic (exact) mass is 323 g/mol. The number of hydrogen-bond donors (Lipinski definition) is 6. The van der Waals surface area contributed by atoms with E-state index in [9.17, 15) is 13.9 Å². The lowest BCUT2D eigenvalue weighted by Crippen LogP contribution is -2.42. The first-order valence-corrected chi connectivity index (χ1v) is 8.86. The Morgan fingerprint density at radius 1 is 1.11 bits per heavy atom. The van der Waals surface area contributed by atoms with E-state index < -0.39 is 39.8 Å². The maximum atomic E-state index is 10.9. The van der Waals surface area contributed by atoms with Gasteiger partial charge in [0.25, 0.3) is 0 Å². The lowest BCUT2D eigenvalue weighted by molar-refractivity contribution is -0.142. The van der Waals surface area contributed by atoms with Crippen LogP contribution in [0.1, 0.15) is 6.42 Å². The summed E-state index contributed by atoms with van der Waals surface area (Å²) in [4.78, 5) is 46.6. The van der Waals surface area contributed by atoms with E-state index in [2.05, 4.69) is 12.6 Å². The fraction of sp³-hybridized carbons (Fsp3) is 0.833. The predicted molar refractivity (Wildman–Crippen MR) is 65.6 cm³/mol. The molecule has 0 aliphatic rings. The molecule has 0 bridgehead atoms. The van der Waals surface area contributed by atoms with Crippen LogP contribution in [0.15, 0.2) is 0 Å². The normalized spacial score (nSPS) is 14.8. The van der Waals surface area contributed by atoms with E-state index >= 15 is 0 Å². The van der Waals surface area contributed by atoms with Gasteiger partial charge in [-0.05, 0) is 12.2 Å². The van der Waals surface area contributed by atoms with Crippen molar-refractivity contribution in [3.05, 3.63) is 0 Å². The number of thiol groups is 1. The molecule has 0 aromatic carbocycles. The Morgan fingerprint density at radius 2 is 1.50 bits per heavy atom. The lowest BCUT2D eigenvalue weighted by atomic mass is 10.2. The summed E-state index contributed by atoms with van der Waals surface area (Å²) in [6, 6.07) is -1.41. The van der Waals surface area contributed by atoms with Crippen LogP contribution in [0.2, 0.25) is 0 Å². The van der Waals surface area contributed by atoms with Crippen molar-refractivity contribution in [3.8, 4) is 0 Å². The molecule has 0 rings (SSSR count). The van der Waals surface area contributed by atoms with Crippen LogP contribution in [-0.2, 0) is 13.9 Å². The van der Waals surface area contributed by atoms with Crippen molar-refractivity contribution in [2.75, 3.05) is 18.3 Å². The fourth-order valence-electron chi connectivity index (χ4n) is 1.30. The van der Waals surface area contributed by atoms with Crippen LogP contribution >= 0.6 is 27.8 Å². The van der Waals surface area contributed by atoms with Gasteiger partial charge in [-0.1, -0.05) is 0 Å². The molecule has 18 heavy (non-hydrogen) atoms. The lowest BCUT2D eigenvalue weighted by Gasteiger charge is -2.28. The van der Waals surface area contributed by atoms with Gasteiger partial charge in [0.05, 0.1) is 0 Å². The van der Waals surface area contributed by atoms with Crippen molar-refractivity contribution in [2.24, 2.45) is 0 Å². The van der Waals surface area contributed by atoms with Gasteiger partial charge in [-0.2, -0.15) is 12.6 Å². The Kier molecular flexibility index (Phi) is 7.05. The molecule has 1 atom stereocenters. The molecular formula is C6H15NO8P2S. The highest BCUT2D eigenvalue weighted by molar-refractivity contribution is 7.80. The SMILES string of the molecule is O=C(O)C(CCS)N(CP(=O)(O)O)CP(=O)(O)O. The van der Waals surface area contributed by atoms with Crippen molar-refractivity contribution < 1.29 is 38.6 Å². The number of aliphatic carboxylic acids is 1. The molecule has 0 spiro atoms. The summed E-state index contributed by atoms with van der Waals surface area (Å²) in [5.41, 5.74) is 0. The first-order chi connectivity index (χ1) is 7.96. The summed E-state index contributed by atoms with van der Waals surface area (Å²) in [6.07, 6.45) is -2.18. The molecule has 0 saturated carbocycles. The standard InChI is InChI=1S/C6H15NO8P2S/c8-6(9)5(1-2-18)7(3-16(10,11)12)4-17(13,14)15/h5,18H,1-4H2,(H,8,9)(H2,10,11,12)(H2,13,14,15). The summed E-state index contributed by atoms with van der Waals surface area (Å²) >= 11 is 3.79. The van der Waals surface area contributed by atoms with Gasteiger partial charge in [-0.25, -0.2) is 0 Å². The van der Waals surface area contributed by atoms with Crippen molar-refractivity contribution in [2.45, 2.75) is 12.5 Å². The first kappa shape index (κ1) is 18.1. The average molecular weight is 323 g/mol. The molecule has 0 aromatic heterocycles. The van der Waals surface area contributed by atoms with Gasteiger partial charge < -0.3 is 24.7 Å². The van der Waals surface area contributed by atoms with Crippen LogP contribution in [-0.4, -0.2) is 59.9 Å². The zero-order valence-electron chi connectivity index (χ0n) is 9.16. The Morgan fingerprint density at radius 3 is 1.72 bits per heavy atom. The summed E-state index contributed by atoms with van der Waals surface area (Å²) in [6.45, 7) is 0. The molecule has 0 aliphatic carbocycles. The average Bonchev–Trinajstić information content (AvgIpc) is 2.07. The van der Waals surface area contributed by atoms with E-state index in [0.29, 0.717) is 4.90 Å².